The topological polar surface area (TPSA) is 96.5 Å². The van der Waals surface area contributed by atoms with Gasteiger partial charge in [-0.25, -0.2) is 0 Å². The van der Waals surface area contributed by atoms with Gasteiger partial charge in [0.05, 0.1) is 6.54 Å². The minimum absolute atomic E-state index is 0.00725. The molecule has 0 spiro atoms. The third kappa shape index (κ3) is 6.85. The Morgan fingerprint density at radius 3 is 1.97 bits per heavy atom. The number of hydrogen-bond acceptors (Lipinski definition) is 5. The molecule has 0 aliphatic heterocycles. The van der Waals surface area contributed by atoms with E-state index in [1.54, 1.807) is 48.5 Å². The van der Waals surface area contributed by atoms with E-state index in [9.17, 15) is 14.4 Å². The molecule has 0 saturated carbocycles. The Kier molecular flexibility index (Phi) is 7.83. The number of hydrazine groups is 1. The van der Waals surface area contributed by atoms with E-state index in [0.717, 1.165) is 11.3 Å². The van der Waals surface area contributed by atoms with Gasteiger partial charge in [0.15, 0.2) is 12.4 Å². The fourth-order valence-corrected chi connectivity index (χ4v) is 2.82. The zero-order valence-corrected chi connectivity index (χ0v) is 18.1. The summed E-state index contributed by atoms with van der Waals surface area (Å²) >= 11 is 5.84. The Balaban J connectivity index is 1.39. The first kappa shape index (κ1) is 22.8. The highest BCUT2D eigenvalue weighted by molar-refractivity contribution is 6.30. The number of carbonyl (C=O) groups excluding carboxylic acids is 3. The fourth-order valence-electron chi connectivity index (χ4n) is 2.69. The van der Waals surface area contributed by atoms with Crippen molar-refractivity contribution in [3.8, 4) is 5.75 Å². The number of rotatable bonds is 8. The van der Waals surface area contributed by atoms with Gasteiger partial charge >= 0.3 is 0 Å². The molecule has 0 heterocycles. The van der Waals surface area contributed by atoms with Crippen LogP contribution in [0.1, 0.15) is 21.5 Å². The van der Waals surface area contributed by atoms with E-state index in [0.29, 0.717) is 21.9 Å². The molecule has 0 aliphatic rings. The van der Waals surface area contributed by atoms with E-state index in [4.69, 9.17) is 16.3 Å². The highest BCUT2D eigenvalue weighted by Crippen LogP contribution is 2.17. The van der Waals surface area contributed by atoms with Gasteiger partial charge in [0, 0.05) is 21.8 Å². The Morgan fingerprint density at radius 2 is 1.34 bits per heavy atom. The highest BCUT2D eigenvalue weighted by Gasteiger charge is 2.10. The summed E-state index contributed by atoms with van der Waals surface area (Å²) in [5.41, 5.74) is 7.53. The average Bonchev–Trinajstić information content (AvgIpc) is 2.81. The van der Waals surface area contributed by atoms with E-state index < -0.39 is 11.8 Å². The smallest absolute Gasteiger partial charge is 0.276 e. The van der Waals surface area contributed by atoms with Crippen molar-refractivity contribution in [1.82, 2.24) is 10.9 Å². The van der Waals surface area contributed by atoms with Crippen LogP contribution in [0.5, 0.6) is 5.75 Å². The van der Waals surface area contributed by atoms with Crippen LogP contribution in [0.2, 0.25) is 5.02 Å². The second-order valence-corrected chi connectivity index (χ2v) is 7.40. The van der Waals surface area contributed by atoms with Crippen LogP contribution in [0.25, 0.3) is 0 Å². The van der Waals surface area contributed by atoms with Crippen molar-refractivity contribution in [3.05, 3.63) is 94.5 Å². The van der Waals surface area contributed by atoms with Gasteiger partial charge in [0.1, 0.15) is 5.75 Å². The summed E-state index contributed by atoms with van der Waals surface area (Å²) in [6, 6.07) is 20.6. The number of ether oxygens (including phenoxy) is 1. The fraction of sp³-hybridized carbons (Fsp3) is 0.125. The van der Waals surface area contributed by atoms with Gasteiger partial charge < -0.3 is 10.1 Å². The van der Waals surface area contributed by atoms with Crippen molar-refractivity contribution in [1.29, 1.82) is 0 Å². The Bertz CT molecular complexity index is 1080. The lowest BCUT2D eigenvalue weighted by molar-refractivity contribution is -0.129. The van der Waals surface area contributed by atoms with Crippen molar-refractivity contribution < 1.29 is 19.1 Å². The minimum atomic E-state index is -0.519. The largest absolute Gasteiger partial charge is 0.484 e. The predicted octanol–water partition coefficient (Wildman–Crippen LogP) is 3.52. The van der Waals surface area contributed by atoms with Gasteiger partial charge in [-0.1, -0.05) is 29.3 Å². The van der Waals surface area contributed by atoms with Crippen LogP contribution < -0.4 is 20.9 Å². The molecule has 3 aromatic carbocycles. The first-order valence-corrected chi connectivity index (χ1v) is 10.2. The van der Waals surface area contributed by atoms with Crippen molar-refractivity contribution >= 4 is 34.9 Å². The van der Waals surface area contributed by atoms with E-state index in [1.165, 1.54) is 0 Å². The molecule has 0 atom stereocenters. The van der Waals surface area contributed by atoms with Gasteiger partial charge in [-0.3, -0.25) is 25.2 Å². The van der Waals surface area contributed by atoms with Crippen LogP contribution in [-0.2, 0) is 9.59 Å². The number of nitrogens with one attached hydrogen (secondary N) is 3. The number of ketones is 1. The zero-order valence-electron chi connectivity index (χ0n) is 17.4. The van der Waals surface area contributed by atoms with Crippen LogP contribution in [0.4, 0.5) is 5.69 Å². The maximum absolute atomic E-state index is 12.4. The number of carbonyl (C=O) groups is 3. The number of benzene rings is 3. The molecule has 7 nitrogen and oxygen atoms in total. The summed E-state index contributed by atoms with van der Waals surface area (Å²) in [7, 11) is 0. The van der Waals surface area contributed by atoms with E-state index in [-0.39, 0.29) is 18.9 Å². The molecule has 3 N–H and O–H groups in total. The van der Waals surface area contributed by atoms with Crippen LogP contribution in [0.15, 0.2) is 72.8 Å². The van der Waals surface area contributed by atoms with Gasteiger partial charge in [-0.15, -0.1) is 0 Å². The first-order valence-electron chi connectivity index (χ1n) is 9.82. The molecule has 3 aromatic rings. The molecule has 0 radical (unpaired) electrons. The lowest BCUT2D eigenvalue weighted by atomic mass is 10.0. The molecule has 164 valence electrons. The SMILES string of the molecule is Cc1ccc(NCC(=O)NNC(=O)COc2ccc(C(=O)c3ccc(Cl)cc3)cc2)cc1. The second kappa shape index (κ2) is 11.0. The molecular formula is C24H22ClN3O4. The monoisotopic (exact) mass is 451 g/mol. The molecular weight excluding hydrogens is 430 g/mol. The quantitative estimate of drug-likeness (QED) is 0.359. The molecule has 0 bridgehead atoms. The van der Waals surface area contributed by atoms with Crippen LogP contribution in [0.3, 0.4) is 0 Å². The van der Waals surface area contributed by atoms with E-state index in [2.05, 4.69) is 16.2 Å². The Hall–Kier alpha value is -3.84. The highest BCUT2D eigenvalue weighted by atomic mass is 35.5. The number of halogens is 1. The Morgan fingerprint density at radius 1 is 0.781 bits per heavy atom. The lowest BCUT2D eigenvalue weighted by Gasteiger charge is -2.10. The van der Waals surface area contributed by atoms with E-state index >= 15 is 0 Å². The molecule has 0 aliphatic carbocycles. The maximum Gasteiger partial charge on any atom is 0.276 e. The van der Waals surface area contributed by atoms with Crippen molar-refractivity contribution in [2.24, 2.45) is 0 Å². The third-order valence-corrected chi connectivity index (χ3v) is 4.69. The summed E-state index contributed by atoms with van der Waals surface area (Å²) in [5, 5.41) is 3.51. The van der Waals surface area contributed by atoms with Crippen molar-refractivity contribution in [2.75, 3.05) is 18.5 Å². The summed E-state index contributed by atoms with van der Waals surface area (Å²) in [5.74, 6) is -0.646. The number of amides is 2. The maximum atomic E-state index is 12.4. The normalized spacial score (nSPS) is 10.2. The Labute approximate surface area is 190 Å². The molecule has 0 aromatic heterocycles. The number of anilines is 1. The van der Waals surface area contributed by atoms with Crippen molar-refractivity contribution in [3.63, 3.8) is 0 Å². The van der Waals surface area contributed by atoms with Gasteiger partial charge in [-0.2, -0.15) is 0 Å². The minimum Gasteiger partial charge on any atom is -0.484 e. The zero-order chi connectivity index (χ0) is 22.9. The number of aryl methyl sites for hydroxylation is 1. The second-order valence-electron chi connectivity index (χ2n) is 6.97. The van der Waals surface area contributed by atoms with Gasteiger partial charge in [0.2, 0.25) is 0 Å². The summed E-state index contributed by atoms with van der Waals surface area (Å²) in [4.78, 5) is 36.2. The molecule has 0 saturated heterocycles. The van der Waals surface area contributed by atoms with Gasteiger partial charge in [-0.05, 0) is 67.6 Å². The van der Waals surface area contributed by atoms with E-state index in [1.807, 2.05) is 31.2 Å². The molecule has 3 rings (SSSR count). The van der Waals surface area contributed by atoms with Crippen LogP contribution >= 0.6 is 11.6 Å². The predicted molar refractivity (Wildman–Crippen MR) is 123 cm³/mol. The standard InChI is InChI=1S/C24H22ClN3O4/c1-16-2-10-20(11-3-16)26-14-22(29)27-28-23(30)15-32-21-12-6-18(7-13-21)24(31)17-4-8-19(25)9-5-17/h2-13,26H,14-15H2,1H3,(H,27,29)(H,28,30). The van der Waals surface area contributed by atoms with Crippen LogP contribution in [0, 0.1) is 6.92 Å². The summed E-state index contributed by atoms with van der Waals surface area (Å²) in [6.07, 6.45) is 0. The van der Waals surface area contributed by atoms with Gasteiger partial charge in [0.25, 0.3) is 11.8 Å². The molecule has 8 heteroatoms. The summed E-state index contributed by atoms with van der Waals surface area (Å²) in [6.45, 7) is 1.69. The molecule has 2 amide bonds. The first-order chi connectivity index (χ1) is 15.4. The number of hydrogen-bond donors (Lipinski definition) is 3. The average molecular weight is 452 g/mol. The van der Waals surface area contributed by atoms with Crippen LogP contribution in [-0.4, -0.2) is 30.7 Å². The lowest BCUT2D eigenvalue weighted by Crippen LogP contribution is -2.45. The molecule has 0 fully saturated rings. The van der Waals surface area contributed by atoms with Crippen molar-refractivity contribution in [2.45, 2.75) is 6.92 Å². The molecule has 0 unspecified atom stereocenters. The third-order valence-electron chi connectivity index (χ3n) is 4.44. The molecule has 32 heavy (non-hydrogen) atoms. The summed E-state index contributed by atoms with van der Waals surface area (Å²) < 4.78 is 5.39.